The molecule has 2 nitrogen and oxygen atoms in total. The van der Waals surface area contributed by atoms with Crippen molar-refractivity contribution in [2.75, 3.05) is 11.9 Å². The molecular weight excluding hydrogens is 323 g/mol. The highest BCUT2D eigenvalue weighted by Crippen LogP contribution is 2.36. The van der Waals surface area contributed by atoms with Crippen LogP contribution in [-0.4, -0.2) is 17.3 Å². The summed E-state index contributed by atoms with van der Waals surface area (Å²) in [6.45, 7) is 5.53. The van der Waals surface area contributed by atoms with E-state index in [-0.39, 0.29) is 16.9 Å². The predicted octanol–water partition coefficient (Wildman–Crippen LogP) is 4.29. The van der Waals surface area contributed by atoms with E-state index in [0.29, 0.717) is 5.69 Å². The van der Waals surface area contributed by atoms with Crippen molar-refractivity contribution in [3.63, 3.8) is 0 Å². The fourth-order valence-electron chi connectivity index (χ4n) is 1.34. The Morgan fingerprint density at radius 3 is 2.37 bits per heavy atom. The smallest absolute Gasteiger partial charge is 0.388 e. The Balaban J connectivity index is 2.87. The van der Waals surface area contributed by atoms with Gasteiger partial charge >= 0.3 is 6.18 Å². The predicted molar refractivity (Wildman–Crippen MR) is 73.1 cm³/mol. The Morgan fingerprint density at radius 1 is 1.32 bits per heavy atom. The average Bonchev–Trinajstić information content (AvgIpc) is 2.26. The van der Waals surface area contributed by atoms with Crippen LogP contribution in [0.25, 0.3) is 0 Å². The maximum atomic E-state index is 12.7. The van der Waals surface area contributed by atoms with Gasteiger partial charge in [0.25, 0.3) is 0 Å². The zero-order valence-electron chi connectivity index (χ0n) is 11.0. The summed E-state index contributed by atoms with van der Waals surface area (Å²) in [6.07, 6.45) is -4.41. The molecule has 0 spiro atoms. The van der Waals surface area contributed by atoms with Gasteiger partial charge in [0, 0.05) is 16.7 Å². The summed E-state index contributed by atoms with van der Waals surface area (Å²) in [6, 6.07) is 3.91. The van der Waals surface area contributed by atoms with Gasteiger partial charge in [-0.15, -0.1) is 0 Å². The normalized spacial score (nSPS) is 15.4. The SMILES string of the molecule is CC(C)C(C)(O)CNc1ccc(Br)c(C(F)(F)F)c1. The van der Waals surface area contributed by atoms with E-state index >= 15 is 0 Å². The Kier molecular flexibility index (Phi) is 4.90. The third kappa shape index (κ3) is 4.38. The lowest BCUT2D eigenvalue weighted by molar-refractivity contribution is -0.138. The van der Waals surface area contributed by atoms with Crippen molar-refractivity contribution in [2.24, 2.45) is 5.92 Å². The summed E-state index contributed by atoms with van der Waals surface area (Å²) in [5, 5.41) is 12.9. The molecule has 0 saturated heterocycles. The molecule has 1 rings (SSSR count). The molecule has 0 saturated carbocycles. The quantitative estimate of drug-likeness (QED) is 0.857. The standard InChI is InChI=1S/C13H17BrF3NO/c1-8(2)12(3,19)7-18-9-4-5-11(14)10(6-9)13(15,16)17/h4-6,8,18-19H,7H2,1-3H3. The summed E-state index contributed by atoms with van der Waals surface area (Å²) in [7, 11) is 0. The van der Waals surface area contributed by atoms with Gasteiger partial charge in [-0.3, -0.25) is 0 Å². The first-order chi connectivity index (χ1) is 8.54. The minimum absolute atomic E-state index is 0.00108. The third-order valence-electron chi connectivity index (χ3n) is 3.17. The van der Waals surface area contributed by atoms with E-state index in [0.717, 1.165) is 6.07 Å². The van der Waals surface area contributed by atoms with Crippen molar-refractivity contribution in [2.45, 2.75) is 32.5 Å². The maximum absolute atomic E-state index is 12.7. The topological polar surface area (TPSA) is 32.3 Å². The fraction of sp³-hybridized carbons (Fsp3) is 0.538. The summed E-state index contributed by atoms with van der Waals surface area (Å²) >= 11 is 2.88. The molecule has 1 unspecified atom stereocenters. The van der Waals surface area contributed by atoms with Crippen molar-refractivity contribution in [1.82, 2.24) is 0 Å². The van der Waals surface area contributed by atoms with E-state index in [9.17, 15) is 18.3 Å². The molecule has 0 aliphatic rings. The van der Waals surface area contributed by atoms with E-state index in [1.807, 2.05) is 13.8 Å². The number of rotatable bonds is 4. The molecule has 2 N–H and O–H groups in total. The van der Waals surface area contributed by atoms with Gasteiger partial charge in [-0.2, -0.15) is 13.2 Å². The number of aliphatic hydroxyl groups is 1. The maximum Gasteiger partial charge on any atom is 0.417 e. The second-order valence-corrected chi connectivity index (χ2v) is 5.91. The van der Waals surface area contributed by atoms with Gasteiger partial charge in [-0.25, -0.2) is 0 Å². The van der Waals surface area contributed by atoms with Gasteiger partial charge in [-0.1, -0.05) is 29.8 Å². The summed E-state index contributed by atoms with van der Waals surface area (Å²) < 4.78 is 38.2. The summed E-state index contributed by atoms with van der Waals surface area (Å²) in [5.41, 5.74) is -1.39. The zero-order chi connectivity index (χ0) is 14.8. The zero-order valence-corrected chi connectivity index (χ0v) is 12.6. The molecule has 1 aromatic rings. The first kappa shape index (κ1) is 16.3. The molecule has 0 bridgehead atoms. The molecule has 0 aromatic heterocycles. The van der Waals surface area contributed by atoms with E-state index in [2.05, 4.69) is 21.2 Å². The van der Waals surface area contributed by atoms with Gasteiger partial charge in [-0.05, 0) is 31.0 Å². The van der Waals surface area contributed by atoms with Crippen molar-refractivity contribution < 1.29 is 18.3 Å². The van der Waals surface area contributed by atoms with Crippen LogP contribution in [0.2, 0.25) is 0 Å². The minimum atomic E-state index is -4.41. The minimum Gasteiger partial charge on any atom is -0.388 e. The van der Waals surface area contributed by atoms with Gasteiger partial charge in [0.2, 0.25) is 0 Å². The third-order valence-corrected chi connectivity index (χ3v) is 3.86. The van der Waals surface area contributed by atoms with Crippen LogP contribution in [0.1, 0.15) is 26.3 Å². The second-order valence-electron chi connectivity index (χ2n) is 5.06. The van der Waals surface area contributed by atoms with Crippen molar-refractivity contribution in [3.8, 4) is 0 Å². The summed E-state index contributed by atoms with van der Waals surface area (Å²) in [5.74, 6) is -0.00228. The molecule has 0 aliphatic heterocycles. The monoisotopic (exact) mass is 339 g/mol. The number of hydrogen-bond donors (Lipinski definition) is 2. The Hall–Kier alpha value is -0.750. The molecular formula is C13H17BrF3NO. The Morgan fingerprint density at radius 2 is 1.89 bits per heavy atom. The van der Waals surface area contributed by atoms with Crippen LogP contribution in [0.3, 0.4) is 0 Å². The molecule has 0 fully saturated rings. The fourth-order valence-corrected chi connectivity index (χ4v) is 1.81. The Labute approximate surface area is 119 Å². The highest BCUT2D eigenvalue weighted by atomic mass is 79.9. The highest BCUT2D eigenvalue weighted by Gasteiger charge is 2.33. The Bertz CT molecular complexity index is 444. The van der Waals surface area contributed by atoms with Crippen LogP contribution in [0.5, 0.6) is 0 Å². The second kappa shape index (κ2) is 5.71. The van der Waals surface area contributed by atoms with Gasteiger partial charge in [0.15, 0.2) is 0 Å². The first-order valence-electron chi connectivity index (χ1n) is 5.87. The van der Waals surface area contributed by atoms with Crippen LogP contribution in [0, 0.1) is 5.92 Å². The van der Waals surface area contributed by atoms with E-state index < -0.39 is 17.3 Å². The van der Waals surface area contributed by atoms with Crippen molar-refractivity contribution >= 4 is 21.6 Å². The van der Waals surface area contributed by atoms with Crippen LogP contribution >= 0.6 is 15.9 Å². The lowest BCUT2D eigenvalue weighted by atomic mass is 9.92. The van der Waals surface area contributed by atoms with E-state index in [1.165, 1.54) is 12.1 Å². The van der Waals surface area contributed by atoms with Crippen LogP contribution < -0.4 is 5.32 Å². The van der Waals surface area contributed by atoms with Crippen molar-refractivity contribution in [1.29, 1.82) is 0 Å². The molecule has 19 heavy (non-hydrogen) atoms. The molecule has 108 valence electrons. The van der Waals surface area contributed by atoms with Crippen LogP contribution in [-0.2, 0) is 6.18 Å². The van der Waals surface area contributed by atoms with Crippen molar-refractivity contribution in [3.05, 3.63) is 28.2 Å². The van der Waals surface area contributed by atoms with Gasteiger partial charge < -0.3 is 10.4 Å². The lowest BCUT2D eigenvalue weighted by Gasteiger charge is -2.28. The summed E-state index contributed by atoms with van der Waals surface area (Å²) in [4.78, 5) is 0. The molecule has 1 aromatic carbocycles. The van der Waals surface area contributed by atoms with E-state index in [4.69, 9.17) is 0 Å². The number of alkyl halides is 3. The number of anilines is 1. The lowest BCUT2D eigenvalue weighted by Crippen LogP contribution is -2.38. The largest absolute Gasteiger partial charge is 0.417 e. The molecule has 1 atom stereocenters. The number of hydrogen-bond acceptors (Lipinski definition) is 2. The molecule has 0 amide bonds. The highest BCUT2D eigenvalue weighted by molar-refractivity contribution is 9.10. The first-order valence-corrected chi connectivity index (χ1v) is 6.66. The number of halogens is 4. The molecule has 0 heterocycles. The molecule has 0 aliphatic carbocycles. The van der Waals surface area contributed by atoms with Crippen LogP contribution in [0.15, 0.2) is 22.7 Å². The van der Waals surface area contributed by atoms with E-state index in [1.54, 1.807) is 6.92 Å². The van der Waals surface area contributed by atoms with Crippen LogP contribution in [0.4, 0.5) is 18.9 Å². The van der Waals surface area contributed by atoms with Gasteiger partial charge in [0.1, 0.15) is 0 Å². The number of benzene rings is 1. The molecule has 6 heteroatoms. The average molecular weight is 340 g/mol. The molecule has 0 radical (unpaired) electrons. The van der Waals surface area contributed by atoms with Gasteiger partial charge in [0.05, 0.1) is 11.2 Å². The number of nitrogens with one attached hydrogen (secondary N) is 1.